The van der Waals surface area contributed by atoms with Crippen LogP contribution in [0.5, 0.6) is 11.5 Å². The molecule has 3 aliphatic rings. The number of alkyl halides is 6. The van der Waals surface area contributed by atoms with Crippen molar-refractivity contribution in [3.05, 3.63) is 78.6 Å². The van der Waals surface area contributed by atoms with Gasteiger partial charge in [-0.15, -0.1) is 26.3 Å². The summed E-state index contributed by atoms with van der Waals surface area (Å²) < 4.78 is 130. The van der Waals surface area contributed by atoms with E-state index in [2.05, 4.69) is 19.8 Å². The molecule has 2 aromatic carbocycles. The molecular weight excluding hydrogens is 662 g/mol. The zero-order valence-electron chi connectivity index (χ0n) is 24.1. The first-order chi connectivity index (χ1) is 21.5. The van der Waals surface area contributed by atoms with Gasteiger partial charge < -0.3 is 14.8 Å². The van der Waals surface area contributed by atoms with Gasteiger partial charge in [0.2, 0.25) is 0 Å². The molecule has 1 saturated heterocycles. The summed E-state index contributed by atoms with van der Waals surface area (Å²) in [5.41, 5.74) is 0.642. The average molecular weight is 693 g/mol. The second kappa shape index (κ2) is 12.3. The van der Waals surface area contributed by atoms with E-state index in [1.165, 1.54) is 24.5 Å². The third kappa shape index (κ3) is 7.13. The van der Waals surface area contributed by atoms with Gasteiger partial charge in [-0.2, -0.15) is 0 Å². The lowest BCUT2D eigenvalue weighted by Crippen LogP contribution is -2.39. The molecule has 0 atom stereocenters. The van der Waals surface area contributed by atoms with E-state index in [4.69, 9.17) is 0 Å². The third-order valence-corrected chi connectivity index (χ3v) is 13.8. The molecule has 3 fully saturated rings. The fourth-order valence-corrected chi connectivity index (χ4v) is 10.3. The Balaban J connectivity index is 0.000000181. The maximum atomic E-state index is 12.9. The van der Waals surface area contributed by atoms with Crippen LogP contribution in [0.3, 0.4) is 0 Å². The topological polar surface area (TPSA) is 112 Å². The molecule has 1 aliphatic heterocycles. The largest absolute Gasteiger partial charge is 0.573 e. The van der Waals surface area contributed by atoms with Gasteiger partial charge in [-0.1, -0.05) is 0 Å². The van der Waals surface area contributed by atoms with Gasteiger partial charge in [-0.25, -0.2) is 16.8 Å². The second-order valence-electron chi connectivity index (χ2n) is 11.4. The number of pyridine rings is 1. The van der Waals surface area contributed by atoms with Crippen LogP contribution in [0.2, 0.25) is 0 Å². The van der Waals surface area contributed by atoms with Crippen molar-refractivity contribution in [3.8, 4) is 11.5 Å². The maximum absolute atomic E-state index is 12.9. The number of rotatable bonds is 8. The van der Waals surface area contributed by atoms with Crippen molar-refractivity contribution < 1.29 is 52.7 Å². The predicted molar refractivity (Wildman–Crippen MR) is 153 cm³/mol. The standard InChI is InChI=1S/C15H18F3NO3S.C15H12F3NO3S/c2*16-15(17,18)22-12-1-3-13(4-2-12)23(20,21)14(7-8-14)11-5-9-19-10-6-11/h1-4,11,19H,5-10H2;1-6,9-10H,7-8H2. The van der Waals surface area contributed by atoms with E-state index in [1.54, 1.807) is 12.1 Å². The van der Waals surface area contributed by atoms with Gasteiger partial charge in [0.25, 0.3) is 0 Å². The highest BCUT2D eigenvalue weighted by molar-refractivity contribution is 7.93. The summed E-state index contributed by atoms with van der Waals surface area (Å²) in [6, 6.07) is 12.1. The van der Waals surface area contributed by atoms with E-state index < -0.39 is 53.4 Å². The first kappa shape index (κ1) is 34.0. The summed E-state index contributed by atoms with van der Waals surface area (Å²) in [6.45, 7) is 1.61. The van der Waals surface area contributed by atoms with Crippen molar-refractivity contribution in [2.75, 3.05) is 13.1 Å². The van der Waals surface area contributed by atoms with Crippen LogP contribution in [-0.2, 0) is 24.4 Å². The fraction of sp³-hybridized carbons (Fsp3) is 0.433. The Labute approximate surface area is 262 Å². The number of halogens is 6. The van der Waals surface area contributed by atoms with E-state index in [9.17, 15) is 43.2 Å². The van der Waals surface area contributed by atoms with Crippen molar-refractivity contribution in [1.29, 1.82) is 0 Å². The number of benzene rings is 2. The van der Waals surface area contributed by atoms with Crippen molar-refractivity contribution in [3.63, 3.8) is 0 Å². The zero-order valence-corrected chi connectivity index (χ0v) is 25.8. The molecule has 8 nitrogen and oxygen atoms in total. The quantitative estimate of drug-likeness (QED) is 0.273. The Morgan fingerprint density at radius 1 is 0.652 bits per heavy atom. The first-order valence-corrected chi connectivity index (χ1v) is 17.3. The Morgan fingerprint density at radius 3 is 1.48 bits per heavy atom. The average Bonchev–Trinajstić information content (AvgIpc) is 3.92. The van der Waals surface area contributed by atoms with Gasteiger partial charge in [-0.3, -0.25) is 4.98 Å². The lowest BCUT2D eigenvalue weighted by molar-refractivity contribution is -0.275. The molecule has 6 rings (SSSR count). The second-order valence-corrected chi connectivity index (χ2v) is 15.9. The van der Waals surface area contributed by atoms with Gasteiger partial charge in [0.1, 0.15) is 16.2 Å². The van der Waals surface area contributed by atoms with Crippen molar-refractivity contribution in [2.45, 2.75) is 70.5 Å². The van der Waals surface area contributed by atoms with Gasteiger partial charge >= 0.3 is 12.7 Å². The maximum Gasteiger partial charge on any atom is 0.573 e. The minimum atomic E-state index is -4.81. The molecule has 2 saturated carbocycles. The molecule has 0 spiro atoms. The molecule has 0 bridgehead atoms. The highest BCUT2D eigenvalue weighted by Gasteiger charge is 2.59. The number of nitrogens with one attached hydrogen (secondary N) is 1. The van der Waals surface area contributed by atoms with E-state index in [1.807, 2.05) is 0 Å². The lowest BCUT2D eigenvalue weighted by Gasteiger charge is -2.30. The highest BCUT2D eigenvalue weighted by atomic mass is 32.2. The van der Waals surface area contributed by atoms with Gasteiger partial charge in [0, 0.05) is 12.4 Å². The Bertz CT molecular complexity index is 1720. The van der Waals surface area contributed by atoms with Gasteiger partial charge in [0.15, 0.2) is 19.7 Å². The van der Waals surface area contributed by atoms with E-state index in [0.29, 0.717) is 31.2 Å². The Hall–Kier alpha value is -3.37. The van der Waals surface area contributed by atoms with Crippen LogP contribution < -0.4 is 14.8 Å². The summed E-state index contributed by atoms with van der Waals surface area (Å²) >= 11 is 0. The summed E-state index contributed by atoms with van der Waals surface area (Å²) in [4.78, 5) is 3.91. The molecule has 46 heavy (non-hydrogen) atoms. The molecule has 3 aromatic rings. The third-order valence-electron chi connectivity index (χ3n) is 8.52. The van der Waals surface area contributed by atoms with Crippen LogP contribution in [-0.4, -0.2) is 52.4 Å². The number of nitrogens with zero attached hydrogens (tertiary/aromatic N) is 1. The van der Waals surface area contributed by atoms with Crippen LogP contribution >= 0.6 is 0 Å². The van der Waals surface area contributed by atoms with Crippen LogP contribution in [0.4, 0.5) is 26.3 Å². The zero-order chi connectivity index (χ0) is 33.4. The molecule has 0 amide bonds. The molecule has 1 aromatic heterocycles. The summed E-state index contributed by atoms with van der Waals surface area (Å²) in [5.74, 6) is -0.756. The SMILES string of the molecule is O=S(=O)(c1ccc(OC(F)(F)F)cc1)C1(C2CCNCC2)CC1.O=S(=O)(c1ccc(OC(F)(F)F)cc1)C1(c2ccncc2)CC1. The number of hydrogen-bond donors (Lipinski definition) is 1. The summed E-state index contributed by atoms with van der Waals surface area (Å²) in [7, 11) is -7.26. The highest BCUT2D eigenvalue weighted by Crippen LogP contribution is 2.56. The minimum Gasteiger partial charge on any atom is -0.406 e. The molecule has 1 N–H and O–H groups in total. The normalized spacial score (nSPS) is 19.3. The number of ether oxygens (including phenoxy) is 2. The van der Waals surface area contributed by atoms with E-state index >= 15 is 0 Å². The summed E-state index contributed by atoms with van der Waals surface area (Å²) in [6.07, 6.45) is -2.73. The fourth-order valence-electron chi connectivity index (χ4n) is 5.95. The molecule has 250 valence electrons. The van der Waals surface area contributed by atoms with Crippen molar-refractivity contribution >= 4 is 19.7 Å². The number of sulfone groups is 2. The van der Waals surface area contributed by atoms with Crippen LogP contribution in [0.1, 0.15) is 44.1 Å². The number of piperidine rings is 1. The molecule has 2 aliphatic carbocycles. The minimum absolute atomic E-state index is 0.0265. The molecular formula is C30H30F6N2O6S2. The predicted octanol–water partition coefficient (Wildman–Crippen LogP) is 6.33. The molecule has 2 heterocycles. The lowest BCUT2D eigenvalue weighted by atomic mass is 9.92. The molecule has 0 radical (unpaired) electrons. The summed E-state index contributed by atoms with van der Waals surface area (Å²) in [5, 5.41) is 3.22. The van der Waals surface area contributed by atoms with Gasteiger partial charge in [0.05, 0.1) is 14.5 Å². The van der Waals surface area contributed by atoms with Crippen LogP contribution in [0, 0.1) is 5.92 Å². The number of aromatic nitrogens is 1. The molecule has 0 unspecified atom stereocenters. The Kier molecular flexibility index (Phi) is 9.11. The van der Waals surface area contributed by atoms with Gasteiger partial charge in [-0.05, 0) is 124 Å². The van der Waals surface area contributed by atoms with Crippen molar-refractivity contribution in [1.82, 2.24) is 10.3 Å². The first-order valence-electron chi connectivity index (χ1n) is 14.3. The number of hydrogen-bond acceptors (Lipinski definition) is 8. The van der Waals surface area contributed by atoms with Crippen LogP contribution in [0.25, 0.3) is 0 Å². The Morgan fingerprint density at radius 2 is 1.09 bits per heavy atom. The van der Waals surface area contributed by atoms with Crippen molar-refractivity contribution in [2.24, 2.45) is 5.92 Å². The van der Waals surface area contributed by atoms with E-state index in [-0.39, 0.29) is 15.7 Å². The molecule has 16 heteroatoms. The van der Waals surface area contributed by atoms with Crippen LogP contribution in [0.15, 0.2) is 82.8 Å². The smallest absolute Gasteiger partial charge is 0.406 e. The monoisotopic (exact) mass is 692 g/mol. The van der Waals surface area contributed by atoms with E-state index in [0.717, 1.165) is 62.3 Å².